The second-order valence-electron chi connectivity index (χ2n) is 9.21. The Hall–Kier alpha value is -3.05. The Labute approximate surface area is 219 Å². The number of ether oxygens (including phenoxy) is 1. The molecular weight excluding hydrogens is 464 g/mol. The molecule has 5 heteroatoms. The summed E-state index contributed by atoms with van der Waals surface area (Å²) in [5.41, 5.74) is 6.25. The molecule has 1 aliphatic rings. The maximum absolute atomic E-state index is 13.0. The van der Waals surface area contributed by atoms with E-state index in [0.717, 1.165) is 47.7 Å². The molecule has 1 heterocycles. The zero-order valence-corrected chi connectivity index (χ0v) is 22.6. The molecule has 0 saturated carbocycles. The lowest BCUT2D eigenvalue weighted by molar-refractivity contribution is 0.0954. The van der Waals surface area contributed by atoms with Crippen molar-refractivity contribution in [3.8, 4) is 5.75 Å². The summed E-state index contributed by atoms with van der Waals surface area (Å²) in [4.78, 5) is 20.3. The monoisotopic (exact) mass is 500 g/mol. The van der Waals surface area contributed by atoms with Gasteiger partial charge < -0.3 is 10.1 Å². The predicted octanol–water partition coefficient (Wildman–Crippen LogP) is 7.96. The molecule has 0 aliphatic carbocycles. The molecular formula is C31H36N2O2S. The number of hydrogen-bond acceptors (Lipinski definition) is 4. The van der Waals surface area contributed by atoms with Crippen LogP contribution in [-0.2, 0) is 6.42 Å². The number of carbonyl (C=O) groups is 1. The minimum Gasteiger partial charge on any atom is -0.494 e. The summed E-state index contributed by atoms with van der Waals surface area (Å²) in [7, 11) is 0. The predicted molar refractivity (Wildman–Crippen MR) is 150 cm³/mol. The van der Waals surface area contributed by atoms with Crippen LogP contribution in [0, 0.1) is 0 Å². The molecule has 3 aromatic rings. The fraction of sp³-hybridized carbons (Fsp3) is 0.355. The summed E-state index contributed by atoms with van der Waals surface area (Å²) in [5.74, 6) is 1.33. The van der Waals surface area contributed by atoms with Crippen molar-refractivity contribution in [2.75, 3.05) is 13.2 Å². The van der Waals surface area contributed by atoms with Gasteiger partial charge in [-0.15, -0.1) is 0 Å². The van der Waals surface area contributed by atoms with Gasteiger partial charge in [-0.25, -0.2) is 0 Å². The molecule has 0 radical (unpaired) electrons. The fourth-order valence-electron chi connectivity index (χ4n) is 4.45. The number of amides is 1. The summed E-state index contributed by atoms with van der Waals surface area (Å²) in [5, 5.41) is 3.10. The Morgan fingerprint density at radius 2 is 1.83 bits per heavy atom. The Bertz CT molecular complexity index is 1250. The standard InChI is InChI=1S/C31H36N2O2S/c1-5-10-26-24-11-8-9-12-29(24)36-30-16-14-23(20-27(30)33-26)31(34)32-18-17-22-13-15-28(35-7-3)25(19-22)21(4)6-2/h8-9,11-16,19-21H,5-7,10,17-18H2,1-4H3,(H,32,34)/t21-/m1/s1. The van der Waals surface area contributed by atoms with E-state index in [9.17, 15) is 4.79 Å². The number of aliphatic imine (C=N–C) groups is 1. The van der Waals surface area contributed by atoms with E-state index in [1.807, 2.05) is 25.1 Å². The zero-order chi connectivity index (χ0) is 25.5. The average Bonchev–Trinajstić information content (AvgIpc) is 3.05. The highest BCUT2D eigenvalue weighted by Crippen LogP contribution is 2.41. The lowest BCUT2D eigenvalue weighted by Gasteiger charge is -2.17. The number of carbonyl (C=O) groups excluding carboxylic acids is 1. The van der Waals surface area contributed by atoms with Crippen LogP contribution in [0.3, 0.4) is 0 Å². The first-order valence-electron chi connectivity index (χ1n) is 13.1. The van der Waals surface area contributed by atoms with Crippen molar-refractivity contribution in [2.24, 2.45) is 4.99 Å². The van der Waals surface area contributed by atoms with Crippen molar-refractivity contribution in [2.45, 2.75) is 69.1 Å². The first kappa shape index (κ1) is 26.0. The molecule has 0 fully saturated rings. The van der Waals surface area contributed by atoms with Gasteiger partial charge in [-0.05, 0) is 73.6 Å². The summed E-state index contributed by atoms with van der Waals surface area (Å²) < 4.78 is 5.83. The Morgan fingerprint density at radius 3 is 2.61 bits per heavy atom. The van der Waals surface area contributed by atoms with E-state index in [1.54, 1.807) is 11.8 Å². The molecule has 0 bridgehead atoms. The van der Waals surface area contributed by atoms with Gasteiger partial charge >= 0.3 is 0 Å². The average molecular weight is 501 g/mol. The fourth-order valence-corrected chi connectivity index (χ4v) is 5.47. The summed E-state index contributed by atoms with van der Waals surface area (Å²) >= 11 is 1.72. The third kappa shape index (κ3) is 6.01. The second kappa shape index (κ2) is 12.3. The molecule has 1 atom stereocenters. The number of fused-ring (bicyclic) bond motifs is 2. The SMILES string of the molecule is CCCC1=Nc2cc(C(=O)NCCc3ccc(OCC)c([C@H](C)CC)c3)ccc2Sc2ccccc21. The van der Waals surface area contributed by atoms with Gasteiger partial charge in [0.25, 0.3) is 5.91 Å². The van der Waals surface area contributed by atoms with Crippen LogP contribution >= 0.6 is 11.8 Å². The van der Waals surface area contributed by atoms with Crippen molar-refractivity contribution in [3.63, 3.8) is 0 Å². The first-order valence-corrected chi connectivity index (χ1v) is 13.9. The van der Waals surface area contributed by atoms with E-state index in [4.69, 9.17) is 9.73 Å². The van der Waals surface area contributed by atoms with Crippen molar-refractivity contribution < 1.29 is 9.53 Å². The molecule has 1 aliphatic heterocycles. The van der Waals surface area contributed by atoms with Crippen LogP contribution in [0.2, 0.25) is 0 Å². The van der Waals surface area contributed by atoms with Gasteiger partial charge in [0.05, 0.1) is 12.3 Å². The van der Waals surface area contributed by atoms with Crippen LogP contribution < -0.4 is 10.1 Å². The molecule has 0 spiro atoms. The maximum atomic E-state index is 13.0. The van der Waals surface area contributed by atoms with Gasteiger partial charge in [0.15, 0.2) is 0 Å². The third-order valence-corrected chi connectivity index (χ3v) is 7.74. The molecule has 188 valence electrons. The minimum absolute atomic E-state index is 0.0649. The molecule has 0 unspecified atom stereocenters. The molecule has 4 nitrogen and oxygen atoms in total. The quantitative estimate of drug-likeness (QED) is 0.307. The van der Waals surface area contributed by atoms with Crippen LogP contribution in [0.1, 0.15) is 79.9 Å². The number of nitrogens with zero attached hydrogens (tertiary/aromatic N) is 1. The van der Waals surface area contributed by atoms with E-state index >= 15 is 0 Å². The first-order chi connectivity index (χ1) is 17.5. The molecule has 0 aromatic heterocycles. The maximum Gasteiger partial charge on any atom is 0.251 e. The van der Waals surface area contributed by atoms with E-state index < -0.39 is 0 Å². The highest BCUT2D eigenvalue weighted by atomic mass is 32.2. The van der Waals surface area contributed by atoms with Gasteiger partial charge in [-0.1, -0.05) is 69.3 Å². The van der Waals surface area contributed by atoms with E-state index in [1.165, 1.54) is 21.6 Å². The second-order valence-corrected chi connectivity index (χ2v) is 10.3. The topological polar surface area (TPSA) is 50.7 Å². The Morgan fingerprint density at radius 1 is 1.00 bits per heavy atom. The Balaban J connectivity index is 1.46. The molecule has 1 N–H and O–H groups in total. The van der Waals surface area contributed by atoms with E-state index in [-0.39, 0.29) is 5.91 Å². The van der Waals surface area contributed by atoms with Crippen LogP contribution in [0.15, 0.2) is 75.4 Å². The number of rotatable bonds is 10. The largest absolute Gasteiger partial charge is 0.494 e. The van der Waals surface area contributed by atoms with E-state index in [0.29, 0.717) is 24.6 Å². The highest BCUT2D eigenvalue weighted by Gasteiger charge is 2.18. The van der Waals surface area contributed by atoms with Gasteiger partial charge in [0.2, 0.25) is 0 Å². The van der Waals surface area contributed by atoms with Crippen molar-refractivity contribution in [1.29, 1.82) is 0 Å². The van der Waals surface area contributed by atoms with Crippen molar-refractivity contribution in [1.82, 2.24) is 5.32 Å². The third-order valence-electron chi connectivity index (χ3n) is 6.60. The lowest BCUT2D eigenvalue weighted by atomic mass is 9.95. The van der Waals surface area contributed by atoms with E-state index in [2.05, 4.69) is 68.6 Å². The van der Waals surface area contributed by atoms with Crippen molar-refractivity contribution in [3.05, 3.63) is 82.9 Å². The van der Waals surface area contributed by atoms with Crippen LogP contribution in [-0.4, -0.2) is 24.8 Å². The summed E-state index contributed by atoms with van der Waals surface area (Å²) in [6.45, 7) is 9.85. The molecule has 36 heavy (non-hydrogen) atoms. The van der Waals surface area contributed by atoms with Gasteiger partial charge in [-0.2, -0.15) is 0 Å². The zero-order valence-electron chi connectivity index (χ0n) is 21.8. The van der Waals surface area contributed by atoms with Crippen LogP contribution in [0.4, 0.5) is 5.69 Å². The lowest BCUT2D eigenvalue weighted by Crippen LogP contribution is -2.25. The Kier molecular flexibility index (Phi) is 8.87. The number of benzene rings is 3. The summed E-state index contributed by atoms with van der Waals surface area (Å²) in [6.07, 6.45) is 3.77. The van der Waals surface area contributed by atoms with Gasteiger partial charge in [0.1, 0.15) is 5.75 Å². The van der Waals surface area contributed by atoms with Crippen LogP contribution in [0.25, 0.3) is 0 Å². The molecule has 3 aromatic carbocycles. The highest BCUT2D eigenvalue weighted by molar-refractivity contribution is 7.99. The minimum atomic E-state index is -0.0649. The van der Waals surface area contributed by atoms with Crippen molar-refractivity contribution >= 4 is 29.1 Å². The smallest absolute Gasteiger partial charge is 0.251 e. The number of nitrogens with one attached hydrogen (secondary N) is 1. The normalized spacial score (nSPS) is 13.2. The molecule has 1 amide bonds. The van der Waals surface area contributed by atoms with Gasteiger partial charge in [0, 0.05) is 33.2 Å². The molecule has 4 rings (SSSR count). The molecule has 0 saturated heterocycles. The van der Waals surface area contributed by atoms with Gasteiger partial charge in [-0.3, -0.25) is 9.79 Å². The number of hydrogen-bond donors (Lipinski definition) is 1. The summed E-state index contributed by atoms with van der Waals surface area (Å²) in [6, 6.07) is 20.7. The van der Waals surface area contributed by atoms with Crippen LogP contribution in [0.5, 0.6) is 5.75 Å².